The summed E-state index contributed by atoms with van der Waals surface area (Å²) in [4.78, 5) is 38.9. The van der Waals surface area contributed by atoms with Crippen molar-refractivity contribution in [3.8, 4) is 0 Å². The molecule has 1 saturated heterocycles. The fourth-order valence-corrected chi connectivity index (χ4v) is 3.40. The van der Waals surface area contributed by atoms with Gasteiger partial charge in [-0.2, -0.15) is 0 Å². The number of likely N-dealkylation sites (tertiary alicyclic amines) is 1. The number of carbonyl (C=O) groups is 3. The number of carbonyl (C=O) groups excluding carboxylic acids is 3. The monoisotopic (exact) mass is 414 g/mol. The molecule has 29 heavy (non-hydrogen) atoms. The molecule has 0 spiro atoms. The lowest BCUT2D eigenvalue weighted by Gasteiger charge is -2.25. The molecule has 152 valence electrons. The largest absolute Gasteiger partial charge is 0.452 e. The first-order valence-electron chi connectivity index (χ1n) is 9.46. The summed E-state index contributed by atoms with van der Waals surface area (Å²) in [6.45, 7) is 3.71. The van der Waals surface area contributed by atoms with Crippen molar-refractivity contribution in [1.29, 1.82) is 0 Å². The van der Waals surface area contributed by atoms with Crippen molar-refractivity contribution in [1.82, 2.24) is 4.90 Å². The van der Waals surface area contributed by atoms with Gasteiger partial charge in [-0.05, 0) is 43.7 Å². The first-order chi connectivity index (χ1) is 13.8. The predicted octanol–water partition coefficient (Wildman–Crippen LogP) is 3.82. The minimum Gasteiger partial charge on any atom is -0.452 e. The Kier molecular flexibility index (Phi) is 6.54. The van der Waals surface area contributed by atoms with Crippen molar-refractivity contribution in [2.24, 2.45) is 5.92 Å². The van der Waals surface area contributed by atoms with Gasteiger partial charge in [0.05, 0.1) is 12.0 Å². The third kappa shape index (κ3) is 5.15. The SMILES string of the molecule is C[C@H](OC(=O)[C@H]1CC(=O)N([C@H](C)c2ccccc2)C1)C(=O)Nc1ccc(Cl)cc1. The summed E-state index contributed by atoms with van der Waals surface area (Å²) in [7, 11) is 0. The molecule has 1 aliphatic heterocycles. The molecule has 2 aromatic rings. The van der Waals surface area contributed by atoms with Gasteiger partial charge in [-0.1, -0.05) is 41.9 Å². The third-order valence-electron chi connectivity index (χ3n) is 5.02. The molecule has 0 saturated carbocycles. The van der Waals surface area contributed by atoms with Gasteiger partial charge in [-0.15, -0.1) is 0 Å². The minimum absolute atomic E-state index is 0.0849. The highest BCUT2D eigenvalue weighted by Crippen LogP contribution is 2.29. The van der Waals surface area contributed by atoms with Gasteiger partial charge in [0.1, 0.15) is 0 Å². The Morgan fingerprint density at radius 2 is 1.76 bits per heavy atom. The average molecular weight is 415 g/mol. The van der Waals surface area contributed by atoms with Crippen molar-refractivity contribution in [3.63, 3.8) is 0 Å². The highest BCUT2D eigenvalue weighted by atomic mass is 35.5. The molecule has 1 N–H and O–H groups in total. The number of rotatable bonds is 6. The number of benzene rings is 2. The van der Waals surface area contributed by atoms with Crippen LogP contribution in [0.3, 0.4) is 0 Å². The Morgan fingerprint density at radius 1 is 1.10 bits per heavy atom. The van der Waals surface area contributed by atoms with E-state index in [0.29, 0.717) is 10.7 Å². The lowest BCUT2D eigenvalue weighted by atomic mass is 10.1. The van der Waals surface area contributed by atoms with Crippen LogP contribution in [0, 0.1) is 5.92 Å². The van der Waals surface area contributed by atoms with E-state index in [0.717, 1.165) is 5.56 Å². The van der Waals surface area contributed by atoms with E-state index in [4.69, 9.17) is 16.3 Å². The van der Waals surface area contributed by atoms with Crippen LogP contribution >= 0.6 is 11.6 Å². The van der Waals surface area contributed by atoms with Crippen LogP contribution in [0.4, 0.5) is 5.69 Å². The molecule has 2 aromatic carbocycles. The van der Waals surface area contributed by atoms with Crippen LogP contribution in [0.2, 0.25) is 5.02 Å². The smallest absolute Gasteiger partial charge is 0.312 e. The molecule has 1 fully saturated rings. The van der Waals surface area contributed by atoms with E-state index in [-0.39, 0.29) is 24.9 Å². The minimum atomic E-state index is -0.978. The Balaban J connectivity index is 1.55. The van der Waals surface area contributed by atoms with Crippen molar-refractivity contribution < 1.29 is 19.1 Å². The summed E-state index contributed by atoms with van der Waals surface area (Å²) in [5.41, 5.74) is 1.56. The number of hydrogen-bond acceptors (Lipinski definition) is 4. The van der Waals surface area contributed by atoms with Gasteiger partial charge < -0.3 is 15.0 Å². The molecular formula is C22H23ClN2O4. The van der Waals surface area contributed by atoms with Crippen molar-refractivity contribution in [3.05, 3.63) is 65.2 Å². The van der Waals surface area contributed by atoms with Gasteiger partial charge in [-0.3, -0.25) is 14.4 Å². The summed E-state index contributed by atoms with van der Waals surface area (Å²) in [5, 5.41) is 3.23. The van der Waals surface area contributed by atoms with Gasteiger partial charge in [0.15, 0.2) is 6.10 Å². The maximum absolute atomic E-state index is 12.5. The molecule has 7 heteroatoms. The number of halogens is 1. The van der Waals surface area contributed by atoms with Crippen molar-refractivity contribution in [2.75, 3.05) is 11.9 Å². The van der Waals surface area contributed by atoms with E-state index in [9.17, 15) is 14.4 Å². The first kappa shape index (κ1) is 20.9. The van der Waals surface area contributed by atoms with Gasteiger partial charge in [0, 0.05) is 23.7 Å². The normalized spacial score (nSPS) is 18.2. The summed E-state index contributed by atoms with van der Waals surface area (Å²) in [6.07, 6.45) is -0.893. The lowest BCUT2D eigenvalue weighted by Crippen LogP contribution is -2.33. The Bertz CT molecular complexity index is 885. The van der Waals surface area contributed by atoms with E-state index >= 15 is 0 Å². The van der Waals surface area contributed by atoms with Crippen LogP contribution in [0.15, 0.2) is 54.6 Å². The van der Waals surface area contributed by atoms with Gasteiger partial charge in [0.25, 0.3) is 5.91 Å². The molecule has 0 bridgehead atoms. The first-order valence-corrected chi connectivity index (χ1v) is 9.84. The standard InChI is InChI=1S/C22H23ClN2O4/c1-14(16-6-4-3-5-7-16)25-13-17(12-20(25)26)22(28)29-15(2)21(27)24-19-10-8-18(23)9-11-19/h3-11,14-15,17H,12-13H2,1-2H3,(H,24,27)/t14-,15+,17+/m1/s1. The fraction of sp³-hybridized carbons (Fsp3) is 0.318. The van der Waals surface area contributed by atoms with E-state index in [2.05, 4.69) is 5.32 Å². The van der Waals surface area contributed by atoms with E-state index in [1.165, 1.54) is 6.92 Å². The summed E-state index contributed by atoms with van der Waals surface area (Å²) in [5.74, 6) is -1.67. The molecule has 1 aliphatic rings. The Labute approximate surface area is 174 Å². The zero-order chi connectivity index (χ0) is 21.0. The van der Waals surface area contributed by atoms with Crippen LogP contribution in [0.5, 0.6) is 0 Å². The van der Waals surface area contributed by atoms with Crippen LogP contribution in [0.25, 0.3) is 0 Å². The number of amides is 2. The number of nitrogens with one attached hydrogen (secondary N) is 1. The molecule has 3 rings (SSSR count). The quantitative estimate of drug-likeness (QED) is 0.729. The van der Waals surface area contributed by atoms with E-state index in [1.54, 1.807) is 29.2 Å². The lowest BCUT2D eigenvalue weighted by molar-refractivity contribution is -0.157. The molecular weight excluding hydrogens is 392 g/mol. The van der Waals surface area contributed by atoms with Gasteiger partial charge >= 0.3 is 5.97 Å². The second-order valence-electron chi connectivity index (χ2n) is 7.11. The maximum Gasteiger partial charge on any atom is 0.312 e. The molecule has 0 aliphatic carbocycles. The zero-order valence-corrected chi connectivity index (χ0v) is 17.1. The predicted molar refractivity (Wildman–Crippen MR) is 110 cm³/mol. The number of ether oxygens (including phenoxy) is 1. The highest BCUT2D eigenvalue weighted by molar-refractivity contribution is 6.30. The molecule has 0 unspecified atom stereocenters. The van der Waals surface area contributed by atoms with Crippen LogP contribution in [-0.4, -0.2) is 35.3 Å². The van der Waals surface area contributed by atoms with Gasteiger partial charge in [-0.25, -0.2) is 0 Å². The van der Waals surface area contributed by atoms with Crippen LogP contribution < -0.4 is 5.32 Å². The van der Waals surface area contributed by atoms with Crippen LogP contribution in [0.1, 0.15) is 31.9 Å². The fourth-order valence-electron chi connectivity index (χ4n) is 3.28. The number of esters is 1. The number of nitrogens with zero attached hydrogens (tertiary/aromatic N) is 1. The molecule has 2 amide bonds. The zero-order valence-electron chi connectivity index (χ0n) is 16.3. The van der Waals surface area contributed by atoms with Crippen molar-refractivity contribution in [2.45, 2.75) is 32.4 Å². The molecule has 1 heterocycles. The average Bonchev–Trinajstić information content (AvgIpc) is 3.11. The highest BCUT2D eigenvalue weighted by Gasteiger charge is 2.38. The molecule has 6 nitrogen and oxygen atoms in total. The second-order valence-corrected chi connectivity index (χ2v) is 7.55. The van der Waals surface area contributed by atoms with Crippen LogP contribution in [-0.2, 0) is 19.1 Å². The van der Waals surface area contributed by atoms with Gasteiger partial charge in [0.2, 0.25) is 5.91 Å². The Hall–Kier alpha value is -2.86. The number of hydrogen-bond donors (Lipinski definition) is 1. The Morgan fingerprint density at radius 3 is 2.41 bits per heavy atom. The van der Waals surface area contributed by atoms with E-state index in [1.807, 2.05) is 37.3 Å². The topological polar surface area (TPSA) is 75.7 Å². The van der Waals surface area contributed by atoms with E-state index < -0.39 is 23.9 Å². The summed E-state index contributed by atoms with van der Waals surface area (Å²) < 4.78 is 5.32. The second kappa shape index (κ2) is 9.09. The third-order valence-corrected chi connectivity index (χ3v) is 5.27. The maximum atomic E-state index is 12.5. The molecule has 0 aromatic heterocycles. The summed E-state index contributed by atoms with van der Waals surface area (Å²) in [6, 6.07) is 16.1. The summed E-state index contributed by atoms with van der Waals surface area (Å²) >= 11 is 5.82. The number of anilines is 1. The van der Waals surface area contributed by atoms with Crippen molar-refractivity contribution >= 4 is 35.1 Å². The molecule has 3 atom stereocenters. The molecule has 0 radical (unpaired) electrons.